The normalized spacial score (nSPS) is 25.8. The Morgan fingerprint density at radius 2 is 1.85 bits per heavy atom. The first-order valence-electron chi connectivity index (χ1n) is 9.73. The van der Waals surface area contributed by atoms with Gasteiger partial charge in [0.15, 0.2) is 0 Å². The number of benzene rings is 1. The summed E-state index contributed by atoms with van der Waals surface area (Å²) >= 11 is 0. The van der Waals surface area contributed by atoms with Gasteiger partial charge in [0.25, 0.3) is 0 Å². The average molecular weight is 361 g/mol. The van der Waals surface area contributed by atoms with Gasteiger partial charge in [-0.25, -0.2) is 4.98 Å². The molecule has 1 aromatic carbocycles. The van der Waals surface area contributed by atoms with E-state index in [1.54, 1.807) is 0 Å². The first kappa shape index (κ1) is 18.0. The molecule has 1 aliphatic carbocycles. The topological polar surface area (TPSA) is 27.1 Å². The van der Waals surface area contributed by atoms with Crippen molar-refractivity contribution < 1.29 is 4.74 Å². The van der Waals surface area contributed by atoms with Gasteiger partial charge in [0.2, 0.25) is 0 Å². The number of allylic oxidation sites excluding steroid dienone is 2. The van der Waals surface area contributed by atoms with Gasteiger partial charge in [-0.15, -0.1) is 0 Å². The molecule has 3 nitrogen and oxygen atoms in total. The summed E-state index contributed by atoms with van der Waals surface area (Å²) in [4.78, 5) is 4.28. The lowest BCUT2D eigenvalue weighted by atomic mass is 9.84. The molecule has 4 unspecified atom stereocenters. The van der Waals surface area contributed by atoms with Crippen molar-refractivity contribution in [3.8, 4) is 0 Å². The molecule has 0 N–H and O–H groups in total. The van der Waals surface area contributed by atoms with Crippen molar-refractivity contribution in [2.45, 2.75) is 51.4 Å². The van der Waals surface area contributed by atoms with E-state index in [1.165, 1.54) is 16.7 Å². The van der Waals surface area contributed by atoms with Crippen LogP contribution in [0.25, 0.3) is 0 Å². The van der Waals surface area contributed by atoms with E-state index in [0.29, 0.717) is 5.92 Å². The van der Waals surface area contributed by atoms with Crippen LogP contribution in [-0.2, 0) is 10.2 Å². The molecular weight excluding hydrogens is 332 g/mol. The fourth-order valence-electron chi connectivity index (χ4n) is 3.89. The van der Waals surface area contributed by atoms with Crippen molar-refractivity contribution in [3.63, 3.8) is 0 Å². The van der Waals surface area contributed by atoms with Gasteiger partial charge in [0.1, 0.15) is 0 Å². The molecule has 0 saturated carbocycles. The highest BCUT2D eigenvalue weighted by atomic mass is 16.5. The summed E-state index contributed by atoms with van der Waals surface area (Å²) in [6, 6.07) is 9.12. The molecule has 1 aromatic heterocycles. The molecule has 2 heterocycles. The Morgan fingerprint density at radius 1 is 1.07 bits per heavy atom. The molecule has 140 valence electrons. The second kappa shape index (κ2) is 6.97. The summed E-state index contributed by atoms with van der Waals surface area (Å²) in [6.07, 6.45) is 17.3. The highest BCUT2D eigenvalue weighted by Gasteiger charge is 2.28. The minimum absolute atomic E-state index is 0.117. The average Bonchev–Trinajstić information content (AvgIpc) is 3.16. The Hall–Kier alpha value is -2.39. The SMILES string of the molecule is CC1C=CC2C=C(C(c3ccc(C(C)(C)C)cc3)n3ccnc3)C=CC2O1. The van der Waals surface area contributed by atoms with Crippen LogP contribution in [0.2, 0.25) is 0 Å². The number of imidazole rings is 1. The van der Waals surface area contributed by atoms with Crippen LogP contribution in [0.15, 0.2) is 78.9 Å². The van der Waals surface area contributed by atoms with Crippen LogP contribution in [0.5, 0.6) is 0 Å². The van der Waals surface area contributed by atoms with Gasteiger partial charge in [-0.2, -0.15) is 0 Å². The first-order valence-corrected chi connectivity index (χ1v) is 9.73. The largest absolute Gasteiger partial charge is 0.366 e. The predicted molar refractivity (Wildman–Crippen MR) is 110 cm³/mol. The fourth-order valence-corrected chi connectivity index (χ4v) is 3.89. The van der Waals surface area contributed by atoms with Crippen molar-refractivity contribution in [2.24, 2.45) is 5.92 Å². The van der Waals surface area contributed by atoms with E-state index in [9.17, 15) is 0 Å². The number of hydrogen-bond acceptors (Lipinski definition) is 2. The highest BCUT2D eigenvalue weighted by Crippen LogP contribution is 2.35. The molecule has 2 aromatic rings. The van der Waals surface area contributed by atoms with E-state index in [2.05, 4.69) is 91.9 Å². The highest BCUT2D eigenvalue weighted by molar-refractivity contribution is 5.41. The summed E-state index contributed by atoms with van der Waals surface area (Å²) in [6.45, 7) is 8.83. The third-order valence-electron chi connectivity index (χ3n) is 5.45. The smallest absolute Gasteiger partial charge is 0.0954 e. The van der Waals surface area contributed by atoms with Crippen molar-refractivity contribution >= 4 is 0 Å². The zero-order valence-electron chi connectivity index (χ0n) is 16.5. The maximum absolute atomic E-state index is 6.03. The number of nitrogens with zero attached hydrogens (tertiary/aromatic N) is 2. The van der Waals surface area contributed by atoms with Crippen molar-refractivity contribution in [3.05, 3.63) is 90.1 Å². The Bertz CT molecular complexity index is 866. The number of rotatable bonds is 3. The molecule has 4 rings (SSSR count). The van der Waals surface area contributed by atoms with Gasteiger partial charge in [-0.05, 0) is 29.0 Å². The number of fused-ring (bicyclic) bond motifs is 1. The van der Waals surface area contributed by atoms with E-state index in [4.69, 9.17) is 4.74 Å². The van der Waals surface area contributed by atoms with E-state index in [-0.39, 0.29) is 23.7 Å². The van der Waals surface area contributed by atoms with Crippen molar-refractivity contribution in [1.29, 1.82) is 0 Å². The lowest BCUT2D eigenvalue weighted by molar-refractivity contribution is 0.0260. The quantitative estimate of drug-likeness (QED) is 0.701. The van der Waals surface area contributed by atoms with E-state index >= 15 is 0 Å². The predicted octanol–water partition coefficient (Wildman–Crippen LogP) is 5.23. The van der Waals surface area contributed by atoms with Gasteiger partial charge in [0.05, 0.1) is 24.6 Å². The minimum atomic E-state index is 0.117. The second-order valence-electron chi connectivity index (χ2n) is 8.58. The van der Waals surface area contributed by atoms with Crippen LogP contribution in [0.3, 0.4) is 0 Å². The lowest BCUT2D eigenvalue weighted by Gasteiger charge is -2.32. The van der Waals surface area contributed by atoms with E-state index in [1.807, 2.05) is 18.7 Å². The molecule has 4 atom stereocenters. The van der Waals surface area contributed by atoms with Crippen LogP contribution in [0, 0.1) is 5.92 Å². The lowest BCUT2D eigenvalue weighted by Crippen LogP contribution is -2.30. The standard InChI is InChI=1S/C24H28N2O/c1-17-5-6-19-15-20(9-12-22(19)27-17)23(26-14-13-25-16-26)18-7-10-21(11-8-18)24(2,3)4/h5-17,19,22-23H,1-4H3. The number of aromatic nitrogens is 2. The van der Waals surface area contributed by atoms with E-state index in [0.717, 1.165) is 0 Å². The van der Waals surface area contributed by atoms with Crippen LogP contribution in [0.4, 0.5) is 0 Å². The Morgan fingerprint density at radius 3 is 2.52 bits per heavy atom. The molecule has 2 aliphatic rings. The third-order valence-corrected chi connectivity index (χ3v) is 5.45. The summed E-state index contributed by atoms with van der Waals surface area (Å²) in [5.74, 6) is 0.293. The Labute approximate surface area is 162 Å². The van der Waals surface area contributed by atoms with Crippen LogP contribution in [0.1, 0.15) is 44.9 Å². The van der Waals surface area contributed by atoms with Crippen LogP contribution in [-0.4, -0.2) is 21.8 Å². The van der Waals surface area contributed by atoms with Gasteiger partial charge < -0.3 is 9.30 Å². The maximum atomic E-state index is 6.03. The molecule has 0 amide bonds. The van der Waals surface area contributed by atoms with Crippen molar-refractivity contribution in [2.75, 3.05) is 0 Å². The van der Waals surface area contributed by atoms with Gasteiger partial charge in [0, 0.05) is 18.3 Å². The molecule has 27 heavy (non-hydrogen) atoms. The zero-order chi connectivity index (χ0) is 19.0. The monoisotopic (exact) mass is 360 g/mol. The molecule has 0 radical (unpaired) electrons. The Balaban J connectivity index is 1.71. The molecule has 0 bridgehead atoms. The summed E-state index contributed by atoms with van der Waals surface area (Å²) in [5, 5.41) is 0. The maximum Gasteiger partial charge on any atom is 0.0954 e. The summed E-state index contributed by atoms with van der Waals surface area (Å²) in [7, 11) is 0. The van der Waals surface area contributed by atoms with Crippen LogP contribution < -0.4 is 0 Å². The molecule has 0 spiro atoms. The molecule has 0 fully saturated rings. The zero-order valence-corrected chi connectivity index (χ0v) is 16.5. The fraction of sp³-hybridized carbons (Fsp3) is 0.375. The van der Waals surface area contributed by atoms with Crippen LogP contribution >= 0.6 is 0 Å². The molecule has 0 saturated heterocycles. The molecular formula is C24H28N2O. The summed E-state index contributed by atoms with van der Waals surface area (Å²) < 4.78 is 8.21. The number of hydrogen-bond donors (Lipinski definition) is 0. The first-order chi connectivity index (χ1) is 12.9. The van der Waals surface area contributed by atoms with Crippen molar-refractivity contribution in [1.82, 2.24) is 9.55 Å². The van der Waals surface area contributed by atoms with Gasteiger partial charge >= 0.3 is 0 Å². The molecule has 1 aliphatic heterocycles. The molecule has 3 heteroatoms. The number of ether oxygens (including phenoxy) is 1. The van der Waals surface area contributed by atoms with Gasteiger partial charge in [-0.3, -0.25) is 0 Å². The minimum Gasteiger partial charge on any atom is -0.366 e. The van der Waals surface area contributed by atoms with E-state index < -0.39 is 0 Å². The van der Waals surface area contributed by atoms with Gasteiger partial charge in [-0.1, -0.05) is 75.4 Å². The third kappa shape index (κ3) is 3.70. The summed E-state index contributed by atoms with van der Waals surface area (Å²) in [5.41, 5.74) is 4.05. The second-order valence-corrected chi connectivity index (χ2v) is 8.58. The Kier molecular flexibility index (Phi) is 4.65.